The first-order chi connectivity index (χ1) is 6.66. The van der Waals surface area contributed by atoms with Crippen LogP contribution in [0.3, 0.4) is 0 Å². The summed E-state index contributed by atoms with van der Waals surface area (Å²) in [5.41, 5.74) is 2.28. The molecule has 2 rings (SSSR count). The molecule has 72 valence electrons. The van der Waals surface area contributed by atoms with Gasteiger partial charge in [-0.25, -0.2) is 4.98 Å². The molecule has 0 saturated heterocycles. The van der Waals surface area contributed by atoms with Gasteiger partial charge in [0.15, 0.2) is 0 Å². The van der Waals surface area contributed by atoms with Crippen molar-refractivity contribution in [3.8, 4) is 10.4 Å². The van der Waals surface area contributed by atoms with Gasteiger partial charge in [0.2, 0.25) is 0 Å². The van der Waals surface area contributed by atoms with Crippen molar-refractivity contribution < 1.29 is 0 Å². The van der Waals surface area contributed by atoms with Crippen LogP contribution < -0.4 is 0 Å². The smallest absolute Gasteiger partial charge is 0.0903 e. The van der Waals surface area contributed by atoms with Crippen molar-refractivity contribution >= 4 is 22.9 Å². The van der Waals surface area contributed by atoms with Gasteiger partial charge in [0.1, 0.15) is 0 Å². The van der Waals surface area contributed by atoms with Gasteiger partial charge < -0.3 is 0 Å². The van der Waals surface area contributed by atoms with E-state index in [2.05, 4.69) is 4.98 Å². The summed E-state index contributed by atoms with van der Waals surface area (Å²) >= 11 is 7.55. The molecular weight excluding hydrogens is 214 g/mol. The lowest BCUT2D eigenvalue weighted by Crippen LogP contribution is -1.77. The average molecular weight is 224 g/mol. The molecule has 0 spiro atoms. The quantitative estimate of drug-likeness (QED) is 0.710. The number of nitrogens with zero attached hydrogens (tertiary/aromatic N) is 1. The van der Waals surface area contributed by atoms with Gasteiger partial charge in [0, 0.05) is 5.02 Å². The van der Waals surface area contributed by atoms with Crippen molar-refractivity contribution in [2.75, 3.05) is 0 Å². The number of benzene rings is 1. The molecule has 1 aromatic heterocycles. The molecule has 0 amide bonds. The van der Waals surface area contributed by atoms with E-state index in [-0.39, 0.29) is 0 Å². The van der Waals surface area contributed by atoms with Crippen LogP contribution in [0.2, 0.25) is 5.02 Å². The van der Waals surface area contributed by atoms with Crippen LogP contribution in [-0.2, 0) is 0 Å². The second kappa shape index (κ2) is 3.71. The van der Waals surface area contributed by atoms with Crippen molar-refractivity contribution in [1.82, 2.24) is 4.98 Å². The Kier molecular flexibility index (Phi) is 2.57. The Morgan fingerprint density at radius 1 is 1.14 bits per heavy atom. The largest absolute Gasteiger partial charge is 0.246 e. The van der Waals surface area contributed by atoms with Crippen LogP contribution in [-0.4, -0.2) is 4.98 Å². The fourth-order valence-corrected chi connectivity index (χ4v) is 2.45. The van der Waals surface area contributed by atoms with Crippen LogP contribution in [0.15, 0.2) is 24.3 Å². The summed E-state index contributed by atoms with van der Waals surface area (Å²) in [6, 6.07) is 7.88. The monoisotopic (exact) mass is 223 g/mol. The van der Waals surface area contributed by atoms with E-state index in [1.54, 1.807) is 11.3 Å². The molecule has 3 heteroatoms. The molecule has 0 atom stereocenters. The Hall–Kier alpha value is -0.860. The zero-order chi connectivity index (χ0) is 10.1. The predicted octanol–water partition coefficient (Wildman–Crippen LogP) is 4.08. The third-order valence-electron chi connectivity index (χ3n) is 2.01. The summed E-state index contributed by atoms with van der Waals surface area (Å²) in [7, 11) is 0. The van der Waals surface area contributed by atoms with E-state index < -0.39 is 0 Å². The molecule has 0 radical (unpaired) electrons. The highest BCUT2D eigenvalue weighted by atomic mass is 35.5. The highest BCUT2D eigenvalue weighted by Gasteiger charge is 2.06. The van der Waals surface area contributed by atoms with Gasteiger partial charge in [-0.1, -0.05) is 23.7 Å². The van der Waals surface area contributed by atoms with E-state index in [0.29, 0.717) is 0 Å². The van der Waals surface area contributed by atoms with Crippen LogP contribution in [0.4, 0.5) is 0 Å². The molecule has 0 aliphatic carbocycles. The zero-order valence-corrected chi connectivity index (χ0v) is 9.62. The summed E-state index contributed by atoms with van der Waals surface area (Å²) in [6.07, 6.45) is 0. The van der Waals surface area contributed by atoms with Crippen molar-refractivity contribution in [2.45, 2.75) is 13.8 Å². The van der Waals surface area contributed by atoms with Crippen LogP contribution in [0.1, 0.15) is 10.7 Å². The zero-order valence-electron chi connectivity index (χ0n) is 8.04. The van der Waals surface area contributed by atoms with E-state index in [4.69, 9.17) is 11.6 Å². The first kappa shape index (κ1) is 9.69. The van der Waals surface area contributed by atoms with Crippen molar-refractivity contribution in [3.63, 3.8) is 0 Å². The Morgan fingerprint density at radius 3 is 2.29 bits per heavy atom. The molecule has 0 bridgehead atoms. The van der Waals surface area contributed by atoms with Gasteiger partial charge in [-0.05, 0) is 31.5 Å². The molecule has 0 unspecified atom stereocenters. The maximum absolute atomic E-state index is 5.83. The number of hydrogen-bond acceptors (Lipinski definition) is 2. The third-order valence-corrected chi connectivity index (χ3v) is 3.38. The number of thiazole rings is 1. The maximum Gasteiger partial charge on any atom is 0.0903 e. The van der Waals surface area contributed by atoms with Crippen LogP contribution in [0.5, 0.6) is 0 Å². The van der Waals surface area contributed by atoms with E-state index in [0.717, 1.165) is 15.7 Å². The minimum atomic E-state index is 0.771. The Balaban J connectivity index is 2.49. The van der Waals surface area contributed by atoms with Crippen molar-refractivity contribution in [2.24, 2.45) is 0 Å². The SMILES string of the molecule is Cc1nc(C)c(-c2ccc(Cl)cc2)s1. The van der Waals surface area contributed by atoms with E-state index >= 15 is 0 Å². The molecule has 0 N–H and O–H groups in total. The normalized spacial score (nSPS) is 10.5. The Morgan fingerprint density at radius 2 is 1.79 bits per heavy atom. The summed E-state index contributed by atoms with van der Waals surface area (Å²) in [4.78, 5) is 5.63. The minimum Gasteiger partial charge on any atom is -0.246 e. The summed E-state index contributed by atoms with van der Waals surface area (Å²) in [5.74, 6) is 0. The highest BCUT2D eigenvalue weighted by molar-refractivity contribution is 7.15. The molecule has 0 aliphatic heterocycles. The Labute approximate surface area is 92.4 Å². The summed E-state index contributed by atoms with van der Waals surface area (Å²) in [6.45, 7) is 4.06. The molecular formula is C11H10ClNS. The standard InChI is InChI=1S/C11H10ClNS/c1-7-11(14-8(2)13-7)9-3-5-10(12)6-4-9/h3-6H,1-2H3. The molecule has 1 nitrogen and oxygen atoms in total. The maximum atomic E-state index is 5.83. The number of aromatic nitrogens is 1. The van der Waals surface area contributed by atoms with Crippen LogP contribution in [0.25, 0.3) is 10.4 Å². The molecule has 1 aromatic carbocycles. The lowest BCUT2D eigenvalue weighted by molar-refractivity contribution is 1.20. The van der Waals surface area contributed by atoms with Crippen LogP contribution >= 0.6 is 22.9 Å². The molecule has 2 aromatic rings. The van der Waals surface area contributed by atoms with Gasteiger partial charge in [0.25, 0.3) is 0 Å². The fraction of sp³-hybridized carbons (Fsp3) is 0.182. The van der Waals surface area contributed by atoms with Gasteiger partial charge >= 0.3 is 0 Å². The lowest BCUT2D eigenvalue weighted by atomic mass is 10.2. The van der Waals surface area contributed by atoms with Gasteiger partial charge in [0.05, 0.1) is 15.6 Å². The van der Waals surface area contributed by atoms with Crippen molar-refractivity contribution in [3.05, 3.63) is 40.0 Å². The number of aryl methyl sites for hydroxylation is 2. The summed E-state index contributed by atoms with van der Waals surface area (Å²) in [5, 5.41) is 1.88. The first-order valence-corrected chi connectivity index (χ1v) is 5.56. The van der Waals surface area contributed by atoms with Gasteiger partial charge in [-0.3, -0.25) is 0 Å². The van der Waals surface area contributed by atoms with Gasteiger partial charge in [-0.15, -0.1) is 11.3 Å². The lowest BCUT2D eigenvalue weighted by Gasteiger charge is -1.97. The molecule has 1 heterocycles. The minimum absolute atomic E-state index is 0.771. The first-order valence-electron chi connectivity index (χ1n) is 4.37. The highest BCUT2D eigenvalue weighted by Crippen LogP contribution is 2.30. The van der Waals surface area contributed by atoms with Gasteiger partial charge in [-0.2, -0.15) is 0 Å². The fourth-order valence-electron chi connectivity index (χ4n) is 1.40. The predicted molar refractivity (Wildman–Crippen MR) is 62.0 cm³/mol. The van der Waals surface area contributed by atoms with E-state index in [1.165, 1.54) is 10.4 Å². The third kappa shape index (κ3) is 1.81. The molecule has 0 saturated carbocycles. The molecule has 0 fully saturated rings. The second-order valence-corrected chi connectivity index (χ2v) is 4.79. The summed E-state index contributed by atoms with van der Waals surface area (Å²) < 4.78 is 0. The van der Waals surface area contributed by atoms with E-state index in [1.807, 2.05) is 38.1 Å². The van der Waals surface area contributed by atoms with Crippen molar-refractivity contribution in [1.29, 1.82) is 0 Å². The second-order valence-electron chi connectivity index (χ2n) is 3.15. The number of rotatable bonds is 1. The van der Waals surface area contributed by atoms with E-state index in [9.17, 15) is 0 Å². The number of halogens is 1. The average Bonchev–Trinajstić information content (AvgIpc) is 2.47. The Bertz CT molecular complexity index is 445. The molecule has 0 aliphatic rings. The topological polar surface area (TPSA) is 12.9 Å². The number of hydrogen-bond donors (Lipinski definition) is 0. The van der Waals surface area contributed by atoms with Crippen LogP contribution in [0, 0.1) is 13.8 Å². The molecule has 14 heavy (non-hydrogen) atoms.